The van der Waals surface area contributed by atoms with Crippen LogP contribution in [0, 0.1) is 0 Å². The second kappa shape index (κ2) is 11.0. The lowest BCUT2D eigenvalue weighted by atomic mass is 10.0. The molecule has 11 aromatic rings. The van der Waals surface area contributed by atoms with E-state index in [9.17, 15) is 0 Å². The van der Waals surface area contributed by atoms with Crippen molar-refractivity contribution in [3.05, 3.63) is 170 Å². The molecule has 238 valence electrons. The van der Waals surface area contributed by atoms with Gasteiger partial charge in [-0.1, -0.05) is 103 Å². The number of benzene rings is 7. The summed E-state index contributed by atoms with van der Waals surface area (Å²) in [6, 6.07) is 58.7. The maximum absolute atomic E-state index is 5.25. The summed E-state index contributed by atoms with van der Waals surface area (Å²) in [5, 5.41) is 6.13. The number of fused-ring (bicyclic) bond motifs is 9. The molecule has 0 aliphatic heterocycles. The van der Waals surface area contributed by atoms with Crippen LogP contribution in [-0.4, -0.2) is 19.1 Å². The van der Waals surface area contributed by atoms with Crippen molar-refractivity contribution >= 4 is 75.3 Å². The summed E-state index contributed by atoms with van der Waals surface area (Å²) >= 11 is 1.74. The minimum Gasteiger partial charge on any atom is -0.309 e. The number of thiophene rings is 1. The minimum atomic E-state index is 0.721. The molecule has 11 rings (SSSR count). The Morgan fingerprint density at radius 1 is 0.392 bits per heavy atom. The fourth-order valence-electron chi connectivity index (χ4n) is 7.87. The molecule has 0 N–H and O–H groups in total. The molecule has 51 heavy (non-hydrogen) atoms. The van der Waals surface area contributed by atoms with Crippen LogP contribution in [0.2, 0.25) is 0 Å². The van der Waals surface area contributed by atoms with Crippen molar-refractivity contribution in [2.75, 3.05) is 0 Å². The van der Waals surface area contributed by atoms with E-state index in [2.05, 4.69) is 173 Å². The number of hydrogen-bond acceptors (Lipinski definition) is 3. The summed E-state index contributed by atoms with van der Waals surface area (Å²) in [5.74, 6) is 0.721. The molecular formula is C46H28N4S. The van der Waals surface area contributed by atoms with Crippen molar-refractivity contribution in [2.45, 2.75) is 0 Å². The Labute approximate surface area is 297 Å². The number of rotatable bonds is 4. The van der Waals surface area contributed by atoms with Gasteiger partial charge in [-0.25, -0.2) is 9.97 Å². The molecule has 0 amide bonds. The molecule has 4 aromatic heterocycles. The first-order chi connectivity index (χ1) is 25.3. The lowest BCUT2D eigenvalue weighted by Gasteiger charge is -2.10. The summed E-state index contributed by atoms with van der Waals surface area (Å²) in [4.78, 5) is 10.2. The molecule has 0 aliphatic rings. The predicted octanol–water partition coefficient (Wildman–Crippen LogP) is 12.4. The van der Waals surface area contributed by atoms with Gasteiger partial charge in [-0.05, 0) is 71.8 Å². The highest BCUT2D eigenvalue weighted by Gasteiger charge is 2.17. The second-order valence-electron chi connectivity index (χ2n) is 13.1. The van der Waals surface area contributed by atoms with Gasteiger partial charge >= 0.3 is 0 Å². The molecule has 0 aliphatic carbocycles. The van der Waals surface area contributed by atoms with Crippen molar-refractivity contribution in [3.8, 4) is 33.9 Å². The zero-order valence-electron chi connectivity index (χ0n) is 27.4. The summed E-state index contributed by atoms with van der Waals surface area (Å²) in [6.07, 6.45) is 1.99. The van der Waals surface area contributed by atoms with Gasteiger partial charge in [-0.15, -0.1) is 11.3 Å². The Morgan fingerprint density at radius 3 is 1.73 bits per heavy atom. The summed E-state index contributed by atoms with van der Waals surface area (Å²) in [7, 11) is 0. The van der Waals surface area contributed by atoms with Gasteiger partial charge in [0.1, 0.15) is 0 Å². The van der Waals surface area contributed by atoms with E-state index in [4.69, 9.17) is 9.97 Å². The van der Waals surface area contributed by atoms with Crippen molar-refractivity contribution < 1.29 is 0 Å². The van der Waals surface area contributed by atoms with Crippen molar-refractivity contribution in [2.24, 2.45) is 0 Å². The molecule has 0 fully saturated rings. The molecule has 0 radical (unpaired) electrons. The van der Waals surface area contributed by atoms with E-state index in [1.165, 1.54) is 59.4 Å². The fourth-order valence-corrected chi connectivity index (χ4v) is 8.87. The maximum Gasteiger partial charge on any atom is 0.159 e. The van der Waals surface area contributed by atoms with E-state index in [1.54, 1.807) is 11.3 Å². The second-order valence-corrected chi connectivity index (χ2v) is 14.1. The van der Waals surface area contributed by atoms with Crippen molar-refractivity contribution in [1.29, 1.82) is 0 Å². The molecular weight excluding hydrogens is 641 g/mol. The molecule has 0 saturated carbocycles. The van der Waals surface area contributed by atoms with Gasteiger partial charge in [-0.2, -0.15) is 0 Å². The van der Waals surface area contributed by atoms with E-state index in [0.717, 1.165) is 38.4 Å². The molecule has 0 spiro atoms. The molecule has 0 atom stereocenters. The van der Waals surface area contributed by atoms with E-state index >= 15 is 0 Å². The third kappa shape index (κ3) is 4.32. The van der Waals surface area contributed by atoms with E-state index < -0.39 is 0 Å². The first kappa shape index (κ1) is 28.3. The molecule has 0 saturated heterocycles. The Kier molecular flexibility index (Phi) is 6.09. The SMILES string of the molecule is c1ccc(-c2ccc3c(c2)c2ccccc2n3-c2cccc(-c3ncc4sc5ccc(-n6c7ccccc7c7ccccc76)cc5c4n3)c2)cc1. The van der Waals surface area contributed by atoms with E-state index in [1.807, 2.05) is 6.20 Å². The summed E-state index contributed by atoms with van der Waals surface area (Å²) in [5.41, 5.74) is 11.4. The van der Waals surface area contributed by atoms with E-state index in [0.29, 0.717) is 0 Å². The Morgan fingerprint density at radius 2 is 1.00 bits per heavy atom. The number of nitrogens with zero attached hydrogens (tertiary/aromatic N) is 4. The molecule has 7 aromatic carbocycles. The van der Waals surface area contributed by atoms with Crippen molar-refractivity contribution in [3.63, 3.8) is 0 Å². The zero-order chi connectivity index (χ0) is 33.5. The normalized spacial score (nSPS) is 11.9. The lowest BCUT2D eigenvalue weighted by Crippen LogP contribution is -1.96. The minimum absolute atomic E-state index is 0.721. The van der Waals surface area contributed by atoms with Gasteiger partial charge in [0, 0.05) is 54.8 Å². The van der Waals surface area contributed by atoms with Gasteiger partial charge in [0.25, 0.3) is 0 Å². The first-order valence-electron chi connectivity index (χ1n) is 17.2. The van der Waals surface area contributed by atoms with Gasteiger partial charge in [-0.3, -0.25) is 0 Å². The van der Waals surface area contributed by atoms with E-state index in [-0.39, 0.29) is 0 Å². The standard InChI is InChI=1S/C46H28N4S/c1-2-11-29(12-3-1)30-21-23-42-37(26-30)36-17-6-9-20-41(36)49(42)32-14-10-13-31(25-32)46-47-28-44-45(48-46)38-27-33(22-24-43(38)51-44)50-39-18-7-4-15-34(39)35-16-5-8-19-40(35)50/h1-28H. The number of aromatic nitrogens is 4. The maximum atomic E-state index is 5.25. The molecule has 0 bridgehead atoms. The van der Waals surface area contributed by atoms with Crippen LogP contribution in [-0.2, 0) is 0 Å². The third-order valence-electron chi connectivity index (χ3n) is 10.2. The van der Waals surface area contributed by atoms with Gasteiger partial charge in [0.15, 0.2) is 5.82 Å². The number of para-hydroxylation sites is 3. The predicted molar refractivity (Wildman–Crippen MR) is 214 cm³/mol. The summed E-state index contributed by atoms with van der Waals surface area (Å²) in [6.45, 7) is 0. The van der Waals surface area contributed by atoms with Crippen LogP contribution in [0.4, 0.5) is 0 Å². The Bertz CT molecular complexity index is 3090. The largest absolute Gasteiger partial charge is 0.309 e. The average Bonchev–Trinajstić information content (AvgIpc) is 3.85. The van der Waals surface area contributed by atoms with Gasteiger partial charge in [0.2, 0.25) is 0 Å². The molecule has 5 heteroatoms. The number of hydrogen-bond donors (Lipinski definition) is 0. The average molecular weight is 669 g/mol. The zero-order valence-corrected chi connectivity index (χ0v) is 28.2. The smallest absolute Gasteiger partial charge is 0.159 e. The third-order valence-corrected chi connectivity index (χ3v) is 11.3. The van der Waals surface area contributed by atoms with Crippen LogP contribution < -0.4 is 0 Å². The topological polar surface area (TPSA) is 35.6 Å². The van der Waals surface area contributed by atoms with Crippen LogP contribution in [0.1, 0.15) is 0 Å². The monoisotopic (exact) mass is 668 g/mol. The molecule has 4 heterocycles. The highest BCUT2D eigenvalue weighted by Crippen LogP contribution is 2.39. The van der Waals surface area contributed by atoms with Crippen LogP contribution >= 0.6 is 11.3 Å². The van der Waals surface area contributed by atoms with Crippen LogP contribution in [0.5, 0.6) is 0 Å². The van der Waals surface area contributed by atoms with Crippen LogP contribution in [0.15, 0.2) is 170 Å². The fraction of sp³-hybridized carbons (Fsp3) is 0. The Balaban J connectivity index is 1.06. The van der Waals surface area contributed by atoms with Gasteiger partial charge in [0.05, 0.1) is 32.3 Å². The summed E-state index contributed by atoms with van der Waals surface area (Å²) < 4.78 is 7.02. The quantitative estimate of drug-likeness (QED) is 0.187. The van der Waals surface area contributed by atoms with Gasteiger partial charge < -0.3 is 9.13 Å². The highest BCUT2D eigenvalue weighted by molar-refractivity contribution is 7.25. The Hall–Kier alpha value is -6.56. The van der Waals surface area contributed by atoms with Crippen LogP contribution in [0.25, 0.3) is 97.8 Å². The van der Waals surface area contributed by atoms with Crippen LogP contribution in [0.3, 0.4) is 0 Å². The lowest BCUT2D eigenvalue weighted by molar-refractivity contribution is 1.17. The highest BCUT2D eigenvalue weighted by atomic mass is 32.1. The molecule has 4 nitrogen and oxygen atoms in total. The molecule has 0 unspecified atom stereocenters. The first-order valence-corrected chi connectivity index (χ1v) is 18.0. The van der Waals surface area contributed by atoms with Crippen molar-refractivity contribution in [1.82, 2.24) is 19.1 Å².